The number of pyridine rings is 1. The third-order valence-corrected chi connectivity index (χ3v) is 4.38. The minimum absolute atomic E-state index is 0.115. The van der Waals surface area contributed by atoms with Crippen molar-refractivity contribution in [1.29, 1.82) is 0 Å². The Bertz CT molecular complexity index is 892. The normalized spacial score (nSPS) is 17.6. The van der Waals surface area contributed by atoms with E-state index in [0.717, 1.165) is 33.7 Å². The van der Waals surface area contributed by atoms with E-state index in [9.17, 15) is 4.39 Å². The van der Waals surface area contributed by atoms with Gasteiger partial charge in [-0.05, 0) is 50.6 Å². The standard InChI is InChI=1S/C19H21FN4O/c1-12(2)25-15-3-4-17-16(10-15)19(23-22-17)13-5-7-21-18(9-13)24-8-6-14(20)11-24/h3-5,7,9-10,12,14H,6,8,11H2,1-2H3,(H,22,23)/t14-/m1/s1. The summed E-state index contributed by atoms with van der Waals surface area (Å²) in [5.74, 6) is 1.61. The zero-order chi connectivity index (χ0) is 17.4. The van der Waals surface area contributed by atoms with Crippen molar-refractivity contribution >= 4 is 16.7 Å². The van der Waals surface area contributed by atoms with Gasteiger partial charge in [-0.15, -0.1) is 0 Å². The highest BCUT2D eigenvalue weighted by Gasteiger charge is 2.23. The summed E-state index contributed by atoms with van der Waals surface area (Å²) in [5, 5.41) is 8.53. The molecule has 0 radical (unpaired) electrons. The Morgan fingerprint density at radius 1 is 1.28 bits per heavy atom. The second-order valence-electron chi connectivity index (χ2n) is 6.68. The SMILES string of the molecule is CC(C)Oc1ccc2[nH]nc(-c3ccnc(N4CC[C@@H](F)C4)c3)c2c1. The lowest BCUT2D eigenvalue weighted by molar-refractivity contribution is 0.243. The fraction of sp³-hybridized carbons (Fsp3) is 0.368. The summed E-state index contributed by atoms with van der Waals surface area (Å²) in [4.78, 5) is 6.38. The predicted molar refractivity (Wildman–Crippen MR) is 96.8 cm³/mol. The maximum absolute atomic E-state index is 13.5. The first-order valence-corrected chi connectivity index (χ1v) is 8.60. The van der Waals surface area contributed by atoms with Gasteiger partial charge < -0.3 is 9.64 Å². The number of benzene rings is 1. The molecule has 3 aromatic rings. The zero-order valence-corrected chi connectivity index (χ0v) is 14.4. The van der Waals surface area contributed by atoms with Crippen LogP contribution in [0.5, 0.6) is 5.75 Å². The number of nitrogens with one attached hydrogen (secondary N) is 1. The molecule has 1 aliphatic rings. The number of aromatic nitrogens is 3. The lowest BCUT2D eigenvalue weighted by Crippen LogP contribution is -2.20. The van der Waals surface area contributed by atoms with Crippen molar-refractivity contribution in [3.05, 3.63) is 36.5 Å². The third kappa shape index (κ3) is 3.16. The quantitative estimate of drug-likeness (QED) is 0.781. The number of alkyl halides is 1. The van der Waals surface area contributed by atoms with Crippen molar-refractivity contribution in [2.45, 2.75) is 32.5 Å². The van der Waals surface area contributed by atoms with E-state index in [0.29, 0.717) is 19.5 Å². The Morgan fingerprint density at radius 3 is 2.92 bits per heavy atom. The van der Waals surface area contributed by atoms with Gasteiger partial charge >= 0.3 is 0 Å². The number of hydrogen-bond donors (Lipinski definition) is 1. The smallest absolute Gasteiger partial charge is 0.129 e. The first kappa shape index (κ1) is 15.9. The molecule has 1 aromatic carbocycles. The number of halogens is 1. The molecule has 5 nitrogen and oxygen atoms in total. The first-order valence-electron chi connectivity index (χ1n) is 8.60. The summed E-state index contributed by atoms with van der Waals surface area (Å²) < 4.78 is 19.3. The Labute approximate surface area is 145 Å². The van der Waals surface area contributed by atoms with Crippen molar-refractivity contribution < 1.29 is 9.13 Å². The molecule has 130 valence electrons. The summed E-state index contributed by atoms with van der Waals surface area (Å²) in [6, 6.07) is 9.82. The maximum Gasteiger partial charge on any atom is 0.129 e. The maximum atomic E-state index is 13.5. The zero-order valence-electron chi connectivity index (χ0n) is 14.4. The Kier molecular flexibility index (Phi) is 4.03. The number of fused-ring (bicyclic) bond motifs is 1. The highest BCUT2D eigenvalue weighted by molar-refractivity contribution is 5.94. The number of nitrogens with zero attached hydrogens (tertiary/aromatic N) is 3. The monoisotopic (exact) mass is 340 g/mol. The van der Waals surface area contributed by atoms with E-state index in [1.807, 2.05) is 49.1 Å². The molecule has 0 spiro atoms. The lowest BCUT2D eigenvalue weighted by Gasteiger charge is -2.16. The largest absolute Gasteiger partial charge is 0.491 e. The number of anilines is 1. The van der Waals surface area contributed by atoms with Crippen LogP contribution in [0.25, 0.3) is 22.2 Å². The fourth-order valence-corrected chi connectivity index (χ4v) is 3.22. The Balaban J connectivity index is 1.71. The van der Waals surface area contributed by atoms with Crippen LogP contribution in [0.3, 0.4) is 0 Å². The molecule has 0 saturated carbocycles. The number of H-pyrrole nitrogens is 1. The average molecular weight is 340 g/mol. The number of hydrogen-bond acceptors (Lipinski definition) is 4. The summed E-state index contributed by atoms with van der Waals surface area (Å²) >= 11 is 0. The summed E-state index contributed by atoms with van der Waals surface area (Å²) in [5.41, 5.74) is 2.76. The van der Waals surface area contributed by atoms with Crippen LogP contribution in [0.2, 0.25) is 0 Å². The summed E-state index contributed by atoms with van der Waals surface area (Å²) in [7, 11) is 0. The highest BCUT2D eigenvalue weighted by Crippen LogP contribution is 2.31. The molecule has 1 N–H and O–H groups in total. The molecule has 0 unspecified atom stereocenters. The first-order chi connectivity index (χ1) is 12.1. The Hall–Kier alpha value is -2.63. The minimum atomic E-state index is -0.771. The van der Waals surface area contributed by atoms with Crippen LogP contribution < -0.4 is 9.64 Å². The molecule has 1 aliphatic heterocycles. The molecule has 4 rings (SSSR count). The molecule has 0 bridgehead atoms. The van der Waals surface area contributed by atoms with Crippen molar-refractivity contribution in [1.82, 2.24) is 15.2 Å². The van der Waals surface area contributed by atoms with Crippen LogP contribution in [-0.2, 0) is 0 Å². The summed E-state index contributed by atoms with van der Waals surface area (Å²) in [6.45, 7) is 5.11. The van der Waals surface area contributed by atoms with Crippen molar-refractivity contribution in [3.8, 4) is 17.0 Å². The molecule has 25 heavy (non-hydrogen) atoms. The van der Waals surface area contributed by atoms with E-state index in [2.05, 4.69) is 15.2 Å². The van der Waals surface area contributed by atoms with Crippen LogP contribution >= 0.6 is 0 Å². The van der Waals surface area contributed by atoms with Crippen LogP contribution in [-0.4, -0.2) is 40.5 Å². The number of ether oxygens (including phenoxy) is 1. The third-order valence-electron chi connectivity index (χ3n) is 4.38. The van der Waals surface area contributed by atoms with Crippen molar-refractivity contribution in [3.63, 3.8) is 0 Å². The fourth-order valence-electron chi connectivity index (χ4n) is 3.22. The van der Waals surface area contributed by atoms with Gasteiger partial charge in [-0.3, -0.25) is 5.10 Å². The van der Waals surface area contributed by atoms with Crippen molar-refractivity contribution in [2.75, 3.05) is 18.0 Å². The second-order valence-corrected chi connectivity index (χ2v) is 6.68. The lowest BCUT2D eigenvalue weighted by atomic mass is 10.1. The van der Waals surface area contributed by atoms with Gasteiger partial charge in [0.15, 0.2) is 0 Å². The highest BCUT2D eigenvalue weighted by atomic mass is 19.1. The second kappa shape index (κ2) is 6.35. The van der Waals surface area contributed by atoms with E-state index in [1.165, 1.54) is 0 Å². The van der Waals surface area contributed by atoms with Crippen LogP contribution in [0.1, 0.15) is 20.3 Å². The van der Waals surface area contributed by atoms with Gasteiger partial charge in [-0.2, -0.15) is 5.10 Å². The van der Waals surface area contributed by atoms with Gasteiger partial charge in [0.25, 0.3) is 0 Å². The topological polar surface area (TPSA) is 54.0 Å². The van der Waals surface area contributed by atoms with Gasteiger partial charge in [-0.25, -0.2) is 9.37 Å². The van der Waals surface area contributed by atoms with Gasteiger partial charge in [0.2, 0.25) is 0 Å². The molecule has 0 aliphatic carbocycles. The van der Waals surface area contributed by atoms with Crippen LogP contribution in [0.15, 0.2) is 36.5 Å². The Morgan fingerprint density at radius 2 is 2.16 bits per heavy atom. The van der Waals surface area contributed by atoms with Gasteiger partial charge in [0.1, 0.15) is 23.4 Å². The van der Waals surface area contributed by atoms with Crippen molar-refractivity contribution in [2.24, 2.45) is 0 Å². The summed E-state index contributed by atoms with van der Waals surface area (Å²) in [6.07, 6.45) is 1.66. The molecule has 1 saturated heterocycles. The molecule has 3 heterocycles. The molecule has 0 amide bonds. The molecule has 1 fully saturated rings. The van der Waals surface area contributed by atoms with E-state index in [4.69, 9.17) is 4.74 Å². The van der Waals surface area contributed by atoms with Crippen LogP contribution in [0.4, 0.5) is 10.2 Å². The van der Waals surface area contributed by atoms with E-state index in [1.54, 1.807) is 6.20 Å². The molecular formula is C19H21FN4O. The van der Waals surface area contributed by atoms with E-state index < -0.39 is 6.17 Å². The van der Waals surface area contributed by atoms with Gasteiger partial charge in [0, 0.05) is 23.7 Å². The van der Waals surface area contributed by atoms with E-state index >= 15 is 0 Å². The average Bonchev–Trinajstić information content (AvgIpc) is 3.20. The van der Waals surface area contributed by atoms with Gasteiger partial charge in [0.05, 0.1) is 18.2 Å². The van der Waals surface area contributed by atoms with Crippen LogP contribution in [0, 0.1) is 0 Å². The molecule has 2 aromatic heterocycles. The molecular weight excluding hydrogens is 319 g/mol. The molecule has 1 atom stereocenters. The minimum Gasteiger partial charge on any atom is -0.491 e. The number of aromatic amines is 1. The van der Waals surface area contributed by atoms with Gasteiger partial charge in [-0.1, -0.05) is 0 Å². The molecule has 6 heteroatoms. The number of rotatable bonds is 4. The predicted octanol–water partition coefficient (Wildman–Crippen LogP) is 3.96. The van der Waals surface area contributed by atoms with E-state index in [-0.39, 0.29) is 6.10 Å².